The minimum absolute atomic E-state index is 0.0312. The highest BCUT2D eigenvalue weighted by Crippen LogP contribution is 2.63. The SMILES string of the molecule is C=C1CCC2[C@]3(C)CO[C@@H](O)O[C@@H]3CC[C@@]2(C)[C@@H]1CCOc1cc(F)ccc1C(=O)O. The van der Waals surface area contributed by atoms with Gasteiger partial charge in [0.1, 0.15) is 17.1 Å². The summed E-state index contributed by atoms with van der Waals surface area (Å²) in [7, 11) is 0. The normalized spacial score (nSPS) is 37.6. The summed E-state index contributed by atoms with van der Waals surface area (Å²) < 4.78 is 30.6. The van der Waals surface area contributed by atoms with Gasteiger partial charge in [-0.05, 0) is 61.5 Å². The molecule has 3 aliphatic rings. The Kier molecular flexibility index (Phi) is 5.87. The molecule has 1 aromatic rings. The van der Waals surface area contributed by atoms with Gasteiger partial charge in [0.05, 0.1) is 19.3 Å². The first-order valence-electron chi connectivity index (χ1n) is 10.9. The van der Waals surface area contributed by atoms with E-state index in [1.807, 2.05) is 0 Å². The summed E-state index contributed by atoms with van der Waals surface area (Å²) in [6.07, 6.45) is 4.30. The lowest BCUT2D eigenvalue weighted by Crippen LogP contribution is -2.61. The molecule has 1 aliphatic heterocycles. The van der Waals surface area contributed by atoms with Crippen molar-refractivity contribution in [2.75, 3.05) is 13.2 Å². The number of hydrogen-bond donors (Lipinski definition) is 2. The minimum Gasteiger partial charge on any atom is -0.493 e. The van der Waals surface area contributed by atoms with Crippen LogP contribution in [-0.2, 0) is 9.47 Å². The van der Waals surface area contributed by atoms with Crippen molar-refractivity contribution < 1.29 is 33.6 Å². The highest BCUT2D eigenvalue weighted by Gasteiger charge is 2.60. The smallest absolute Gasteiger partial charge is 0.339 e. The van der Waals surface area contributed by atoms with Crippen LogP contribution in [0.3, 0.4) is 0 Å². The predicted octanol–water partition coefficient (Wildman–Crippen LogP) is 4.37. The van der Waals surface area contributed by atoms with E-state index < -0.39 is 18.3 Å². The van der Waals surface area contributed by atoms with Crippen LogP contribution in [0, 0.1) is 28.5 Å². The van der Waals surface area contributed by atoms with Gasteiger partial charge in [-0.15, -0.1) is 0 Å². The maximum absolute atomic E-state index is 13.6. The molecule has 170 valence electrons. The van der Waals surface area contributed by atoms with E-state index in [9.17, 15) is 19.4 Å². The molecular formula is C24H31FO6. The average Bonchev–Trinajstić information content (AvgIpc) is 2.70. The third kappa shape index (κ3) is 3.88. The standard InChI is InChI=1S/C24H31FO6/c1-14-4-7-19-23(2,10-8-20-24(19,3)13-30-22(28)31-20)17(14)9-11-29-18-12-15(25)5-6-16(18)21(26)27/h5-6,12,17,19-20,22,28H,1,4,7-11,13H2,2-3H3,(H,26,27)/t17-,19?,20-,22-,23+,24+/m1/s1. The van der Waals surface area contributed by atoms with Crippen molar-refractivity contribution in [1.29, 1.82) is 0 Å². The van der Waals surface area contributed by atoms with Crippen LogP contribution in [0.2, 0.25) is 0 Å². The van der Waals surface area contributed by atoms with Gasteiger partial charge in [0.2, 0.25) is 0 Å². The van der Waals surface area contributed by atoms with Gasteiger partial charge < -0.3 is 24.4 Å². The molecule has 0 spiro atoms. The van der Waals surface area contributed by atoms with Gasteiger partial charge in [-0.3, -0.25) is 0 Å². The fourth-order valence-corrected chi connectivity index (χ4v) is 6.43. The molecule has 1 saturated heterocycles. The molecule has 2 saturated carbocycles. The molecule has 1 aromatic carbocycles. The zero-order valence-corrected chi connectivity index (χ0v) is 18.1. The lowest BCUT2D eigenvalue weighted by molar-refractivity contribution is -0.367. The van der Waals surface area contributed by atoms with E-state index >= 15 is 0 Å². The number of ether oxygens (including phenoxy) is 3. The second-order valence-corrected chi connectivity index (χ2v) is 9.68. The van der Waals surface area contributed by atoms with E-state index in [2.05, 4.69) is 20.4 Å². The predicted molar refractivity (Wildman–Crippen MR) is 111 cm³/mol. The highest BCUT2D eigenvalue weighted by atomic mass is 19.1. The van der Waals surface area contributed by atoms with Crippen molar-refractivity contribution >= 4 is 5.97 Å². The van der Waals surface area contributed by atoms with Crippen molar-refractivity contribution in [3.8, 4) is 5.75 Å². The van der Waals surface area contributed by atoms with Crippen LogP contribution >= 0.6 is 0 Å². The Labute approximate surface area is 182 Å². The molecule has 7 heteroatoms. The lowest BCUT2D eigenvalue weighted by Gasteiger charge is -2.62. The van der Waals surface area contributed by atoms with Crippen LogP contribution in [0.5, 0.6) is 5.75 Å². The number of aromatic carboxylic acids is 1. The summed E-state index contributed by atoms with van der Waals surface area (Å²) in [5.41, 5.74) is 0.914. The molecule has 6 atom stereocenters. The number of allylic oxidation sites excluding steroid dienone is 1. The summed E-state index contributed by atoms with van der Waals surface area (Å²) in [6.45, 7) is 8.42. The largest absolute Gasteiger partial charge is 0.493 e. The first kappa shape index (κ1) is 22.2. The maximum Gasteiger partial charge on any atom is 0.339 e. The van der Waals surface area contributed by atoms with Crippen molar-refractivity contribution in [2.45, 2.75) is 58.5 Å². The van der Waals surface area contributed by atoms with Crippen LogP contribution in [0.15, 0.2) is 30.4 Å². The van der Waals surface area contributed by atoms with Gasteiger partial charge in [0.25, 0.3) is 6.48 Å². The molecule has 1 unspecified atom stereocenters. The third-order valence-electron chi connectivity index (χ3n) is 7.97. The van der Waals surface area contributed by atoms with Crippen molar-refractivity contribution in [1.82, 2.24) is 0 Å². The number of halogens is 1. The first-order chi connectivity index (χ1) is 14.6. The molecule has 0 bridgehead atoms. The van der Waals surface area contributed by atoms with E-state index in [1.54, 1.807) is 0 Å². The van der Waals surface area contributed by atoms with E-state index in [0.717, 1.165) is 37.8 Å². The highest BCUT2D eigenvalue weighted by molar-refractivity contribution is 5.90. The number of aliphatic hydroxyl groups excluding tert-OH is 1. The van der Waals surface area contributed by atoms with Crippen LogP contribution in [0.4, 0.5) is 4.39 Å². The number of carboxylic acid groups (broad SMARTS) is 1. The molecule has 2 N–H and O–H groups in total. The molecule has 1 heterocycles. The molecule has 6 nitrogen and oxygen atoms in total. The van der Waals surface area contributed by atoms with Crippen molar-refractivity contribution in [3.05, 3.63) is 41.7 Å². The van der Waals surface area contributed by atoms with Crippen LogP contribution < -0.4 is 4.74 Å². The van der Waals surface area contributed by atoms with Gasteiger partial charge in [-0.2, -0.15) is 0 Å². The molecule has 2 aliphatic carbocycles. The lowest BCUT2D eigenvalue weighted by atomic mass is 9.46. The summed E-state index contributed by atoms with van der Waals surface area (Å²) in [4.78, 5) is 11.4. The Morgan fingerprint density at radius 2 is 2.10 bits per heavy atom. The Morgan fingerprint density at radius 3 is 2.84 bits per heavy atom. The second kappa shape index (κ2) is 8.19. The van der Waals surface area contributed by atoms with Crippen LogP contribution in [0.1, 0.15) is 56.3 Å². The van der Waals surface area contributed by atoms with Crippen molar-refractivity contribution in [2.24, 2.45) is 22.7 Å². The third-order valence-corrected chi connectivity index (χ3v) is 7.97. The monoisotopic (exact) mass is 434 g/mol. The topological polar surface area (TPSA) is 85.2 Å². The van der Waals surface area contributed by atoms with E-state index in [4.69, 9.17) is 14.2 Å². The number of benzene rings is 1. The molecule has 0 amide bonds. The van der Waals surface area contributed by atoms with Gasteiger partial charge in [0, 0.05) is 11.5 Å². The number of aliphatic hydroxyl groups is 1. The Hall–Kier alpha value is -1.96. The zero-order chi connectivity index (χ0) is 22.4. The summed E-state index contributed by atoms with van der Waals surface area (Å²) in [5.74, 6) is -1.09. The van der Waals surface area contributed by atoms with Gasteiger partial charge in [-0.25, -0.2) is 9.18 Å². The molecule has 0 radical (unpaired) electrons. The molecule has 4 rings (SSSR count). The van der Waals surface area contributed by atoms with E-state index in [1.165, 1.54) is 11.6 Å². The molecular weight excluding hydrogens is 403 g/mol. The molecule has 3 fully saturated rings. The quantitative estimate of drug-likeness (QED) is 0.670. The minimum atomic E-state index is -1.15. The number of rotatable bonds is 5. The first-order valence-corrected chi connectivity index (χ1v) is 10.9. The Balaban J connectivity index is 1.51. The van der Waals surface area contributed by atoms with E-state index in [0.29, 0.717) is 18.9 Å². The summed E-state index contributed by atoms with van der Waals surface area (Å²) in [6, 6.07) is 3.47. The average molecular weight is 435 g/mol. The Bertz CT molecular complexity index is 872. The van der Waals surface area contributed by atoms with Crippen molar-refractivity contribution in [3.63, 3.8) is 0 Å². The molecule has 31 heavy (non-hydrogen) atoms. The summed E-state index contributed by atoms with van der Waals surface area (Å²) in [5, 5.41) is 19.1. The fourth-order valence-electron chi connectivity index (χ4n) is 6.43. The number of carbonyl (C=O) groups is 1. The van der Waals surface area contributed by atoms with E-state index in [-0.39, 0.29) is 40.8 Å². The van der Waals surface area contributed by atoms with Gasteiger partial charge in [-0.1, -0.05) is 26.0 Å². The summed E-state index contributed by atoms with van der Waals surface area (Å²) >= 11 is 0. The van der Waals surface area contributed by atoms with Crippen LogP contribution in [0.25, 0.3) is 0 Å². The van der Waals surface area contributed by atoms with Gasteiger partial charge >= 0.3 is 5.97 Å². The fraction of sp³-hybridized carbons (Fsp3) is 0.625. The zero-order valence-electron chi connectivity index (χ0n) is 18.1. The molecule has 0 aromatic heterocycles. The van der Waals surface area contributed by atoms with Crippen LogP contribution in [-0.4, -0.2) is 42.0 Å². The maximum atomic E-state index is 13.6. The second-order valence-electron chi connectivity index (χ2n) is 9.68. The Morgan fingerprint density at radius 1 is 1.32 bits per heavy atom. The number of hydrogen-bond acceptors (Lipinski definition) is 5. The number of fused-ring (bicyclic) bond motifs is 3. The number of carboxylic acids is 1. The van der Waals surface area contributed by atoms with Gasteiger partial charge in [0.15, 0.2) is 0 Å².